The van der Waals surface area contributed by atoms with Crippen molar-refractivity contribution in [1.82, 2.24) is 9.78 Å². The molecule has 1 aromatic carbocycles. The fraction of sp³-hybridized carbons (Fsp3) is 0.333. The van der Waals surface area contributed by atoms with Gasteiger partial charge in [-0.15, -0.1) is 0 Å². The molecular weight excluding hydrogens is 254 g/mol. The van der Waals surface area contributed by atoms with Crippen LogP contribution in [-0.2, 0) is 18.3 Å². The van der Waals surface area contributed by atoms with Gasteiger partial charge >= 0.3 is 0 Å². The quantitative estimate of drug-likeness (QED) is 0.843. The summed E-state index contributed by atoms with van der Waals surface area (Å²) < 4.78 is 1.77. The normalized spacial score (nSPS) is 10.6. The number of phenols is 1. The average Bonchev–Trinajstić information content (AvgIpc) is 2.60. The SMILES string of the molecule is Cc1ccc(NC(=O)Cc2c(C)nn(C)c2C)c(O)c1. The Morgan fingerprint density at radius 3 is 2.60 bits per heavy atom. The zero-order valence-electron chi connectivity index (χ0n) is 12.2. The number of aromatic nitrogens is 2. The Kier molecular flexibility index (Phi) is 3.79. The van der Waals surface area contributed by atoms with Gasteiger partial charge < -0.3 is 10.4 Å². The maximum atomic E-state index is 12.1. The Morgan fingerprint density at radius 1 is 1.35 bits per heavy atom. The highest BCUT2D eigenvalue weighted by Crippen LogP contribution is 2.24. The number of nitrogens with zero attached hydrogens (tertiary/aromatic N) is 2. The second-order valence-corrected chi connectivity index (χ2v) is 5.02. The number of anilines is 1. The van der Waals surface area contributed by atoms with Crippen molar-refractivity contribution in [1.29, 1.82) is 0 Å². The third-order valence-electron chi connectivity index (χ3n) is 3.42. The largest absolute Gasteiger partial charge is 0.506 e. The molecule has 2 aromatic rings. The molecule has 0 saturated heterocycles. The van der Waals surface area contributed by atoms with E-state index in [1.165, 1.54) is 0 Å². The molecule has 0 aliphatic heterocycles. The van der Waals surface area contributed by atoms with Crippen LogP contribution in [0.3, 0.4) is 0 Å². The lowest BCUT2D eigenvalue weighted by molar-refractivity contribution is -0.115. The molecule has 106 valence electrons. The summed E-state index contributed by atoms with van der Waals surface area (Å²) >= 11 is 0. The fourth-order valence-electron chi connectivity index (χ4n) is 2.18. The van der Waals surface area contributed by atoms with Gasteiger partial charge in [-0.2, -0.15) is 5.10 Å². The van der Waals surface area contributed by atoms with Crippen LogP contribution >= 0.6 is 0 Å². The smallest absolute Gasteiger partial charge is 0.229 e. The van der Waals surface area contributed by atoms with E-state index in [0.717, 1.165) is 22.5 Å². The number of nitrogens with one attached hydrogen (secondary N) is 1. The first kappa shape index (κ1) is 14.1. The first-order valence-corrected chi connectivity index (χ1v) is 6.47. The summed E-state index contributed by atoms with van der Waals surface area (Å²) in [6.45, 7) is 5.71. The summed E-state index contributed by atoms with van der Waals surface area (Å²) in [6.07, 6.45) is 0.249. The third-order valence-corrected chi connectivity index (χ3v) is 3.42. The van der Waals surface area contributed by atoms with Crippen LogP contribution < -0.4 is 5.32 Å². The van der Waals surface area contributed by atoms with Crippen LogP contribution in [0.5, 0.6) is 5.75 Å². The molecule has 0 aliphatic rings. The molecule has 0 fully saturated rings. The monoisotopic (exact) mass is 273 g/mol. The van der Waals surface area contributed by atoms with Crippen LogP contribution in [0, 0.1) is 20.8 Å². The first-order valence-electron chi connectivity index (χ1n) is 6.47. The Morgan fingerprint density at radius 2 is 2.05 bits per heavy atom. The maximum absolute atomic E-state index is 12.1. The standard InChI is InChI=1S/C15H19N3O2/c1-9-5-6-13(14(19)7-9)16-15(20)8-12-10(2)17-18(4)11(12)3/h5-7,19H,8H2,1-4H3,(H,16,20). The van der Waals surface area contributed by atoms with Gasteiger partial charge in [0.1, 0.15) is 5.75 Å². The molecule has 0 saturated carbocycles. The highest BCUT2D eigenvalue weighted by Gasteiger charge is 2.14. The molecule has 20 heavy (non-hydrogen) atoms. The van der Waals surface area contributed by atoms with E-state index in [4.69, 9.17) is 0 Å². The van der Waals surface area contributed by atoms with Crippen molar-refractivity contribution in [3.05, 3.63) is 40.7 Å². The van der Waals surface area contributed by atoms with E-state index < -0.39 is 0 Å². The lowest BCUT2D eigenvalue weighted by atomic mass is 10.1. The number of benzene rings is 1. The van der Waals surface area contributed by atoms with Gasteiger partial charge in [0, 0.05) is 18.3 Å². The lowest BCUT2D eigenvalue weighted by Gasteiger charge is -2.08. The summed E-state index contributed by atoms with van der Waals surface area (Å²) in [5.74, 6) is -0.0821. The minimum absolute atomic E-state index is 0.0815. The molecule has 0 atom stereocenters. The van der Waals surface area contributed by atoms with E-state index in [2.05, 4.69) is 10.4 Å². The van der Waals surface area contributed by atoms with Crippen LogP contribution in [0.4, 0.5) is 5.69 Å². The zero-order valence-corrected chi connectivity index (χ0v) is 12.2. The minimum Gasteiger partial charge on any atom is -0.506 e. The third kappa shape index (κ3) is 2.82. The summed E-state index contributed by atoms with van der Waals surface area (Å²) in [5.41, 5.74) is 4.13. The number of carbonyl (C=O) groups is 1. The number of carbonyl (C=O) groups excluding carboxylic acids is 1. The zero-order chi connectivity index (χ0) is 14.9. The van der Waals surface area contributed by atoms with Gasteiger partial charge in [-0.1, -0.05) is 6.07 Å². The van der Waals surface area contributed by atoms with E-state index in [1.807, 2.05) is 33.9 Å². The van der Waals surface area contributed by atoms with Crippen molar-refractivity contribution in [3.8, 4) is 5.75 Å². The summed E-state index contributed by atoms with van der Waals surface area (Å²) in [6, 6.07) is 5.16. The Hall–Kier alpha value is -2.30. The van der Waals surface area contributed by atoms with Gasteiger partial charge in [0.25, 0.3) is 0 Å². The molecule has 0 bridgehead atoms. The summed E-state index contributed by atoms with van der Waals surface area (Å²) in [5, 5.41) is 16.8. The molecule has 2 N–H and O–H groups in total. The highest BCUT2D eigenvalue weighted by atomic mass is 16.3. The molecule has 0 radical (unpaired) electrons. The molecular formula is C15H19N3O2. The van der Waals surface area contributed by atoms with Crippen molar-refractivity contribution in [3.63, 3.8) is 0 Å². The van der Waals surface area contributed by atoms with Crippen molar-refractivity contribution >= 4 is 11.6 Å². The number of hydrogen-bond acceptors (Lipinski definition) is 3. The first-order chi connectivity index (χ1) is 9.38. The van der Waals surface area contributed by atoms with Crippen LogP contribution in [0.15, 0.2) is 18.2 Å². The molecule has 2 rings (SSSR count). The Bertz CT molecular complexity index is 659. The van der Waals surface area contributed by atoms with Crippen LogP contribution in [0.2, 0.25) is 0 Å². The van der Waals surface area contributed by atoms with E-state index in [1.54, 1.807) is 16.8 Å². The van der Waals surface area contributed by atoms with E-state index in [-0.39, 0.29) is 18.1 Å². The Balaban J connectivity index is 2.13. The maximum Gasteiger partial charge on any atom is 0.229 e. The molecule has 5 heteroatoms. The molecule has 0 aliphatic carbocycles. The number of aryl methyl sites for hydroxylation is 3. The number of amides is 1. The van der Waals surface area contributed by atoms with Crippen LogP contribution in [0.1, 0.15) is 22.5 Å². The summed E-state index contributed by atoms with van der Waals surface area (Å²) in [7, 11) is 1.86. The van der Waals surface area contributed by atoms with Gasteiger partial charge in [-0.25, -0.2) is 0 Å². The molecule has 0 unspecified atom stereocenters. The number of aromatic hydroxyl groups is 1. The van der Waals surface area contributed by atoms with Gasteiger partial charge in [0.05, 0.1) is 17.8 Å². The van der Waals surface area contributed by atoms with Crippen molar-refractivity contribution in [2.45, 2.75) is 27.2 Å². The number of phenolic OH excluding ortho intramolecular Hbond substituents is 1. The second-order valence-electron chi connectivity index (χ2n) is 5.02. The second kappa shape index (κ2) is 5.36. The van der Waals surface area contributed by atoms with E-state index >= 15 is 0 Å². The molecule has 1 aromatic heterocycles. The Labute approximate surface area is 118 Å². The van der Waals surface area contributed by atoms with Gasteiger partial charge in [0.2, 0.25) is 5.91 Å². The molecule has 1 amide bonds. The summed E-state index contributed by atoms with van der Waals surface area (Å²) in [4.78, 5) is 12.1. The van der Waals surface area contributed by atoms with Gasteiger partial charge in [-0.05, 0) is 38.5 Å². The lowest BCUT2D eigenvalue weighted by Crippen LogP contribution is -2.15. The molecule has 0 spiro atoms. The van der Waals surface area contributed by atoms with Crippen LogP contribution in [0.25, 0.3) is 0 Å². The molecule has 1 heterocycles. The highest BCUT2D eigenvalue weighted by molar-refractivity contribution is 5.93. The van der Waals surface area contributed by atoms with Crippen LogP contribution in [-0.4, -0.2) is 20.8 Å². The molecule has 5 nitrogen and oxygen atoms in total. The fourth-order valence-corrected chi connectivity index (χ4v) is 2.18. The predicted octanol–water partition coefficient (Wildman–Crippen LogP) is 2.23. The van der Waals surface area contributed by atoms with Crippen molar-refractivity contribution in [2.75, 3.05) is 5.32 Å². The van der Waals surface area contributed by atoms with E-state index in [9.17, 15) is 9.90 Å². The van der Waals surface area contributed by atoms with Gasteiger partial charge in [-0.3, -0.25) is 9.48 Å². The number of rotatable bonds is 3. The van der Waals surface area contributed by atoms with E-state index in [0.29, 0.717) is 5.69 Å². The predicted molar refractivity (Wildman–Crippen MR) is 77.9 cm³/mol. The van der Waals surface area contributed by atoms with Crippen molar-refractivity contribution < 1.29 is 9.90 Å². The minimum atomic E-state index is -0.164. The van der Waals surface area contributed by atoms with Gasteiger partial charge in [0.15, 0.2) is 0 Å². The number of hydrogen-bond donors (Lipinski definition) is 2. The van der Waals surface area contributed by atoms with Crippen molar-refractivity contribution in [2.24, 2.45) is 7.05 Å². The average molecular weight is 273 g/mol. The topological polar surface area (TPSA) is 67.2 Å².